The van der Waals surface area contributed by atoms with Crippen molar-refractivity contribution in [1.82, 2.24) is 10.2 Å². The first-order valence-corrected chi connectivity index (χ1v) is 8.39. The molecule has 20 heavy (non-hydrogen) atoms. The SMILES string of the molecule is CCC(C)N(C)CCNCc1sc2ccccc2c1Cl. The van der Waals surface area contributed by atoms with E-state index in [-0.39, 0.29) is 0 Å². The van der Waals surface area contributed by atoms with E-state index < -0.39 is 0 Å². The Labute approximate surface area is 130 Å². The monoisotopic (exact) mass is 310 g/mol. The lowest BCUT2D eigenvalue weighted by Gasteiger charge is -2.23. The summed E-state index contributed by atoms with van der Waals surface area (Å²) in [6, 6.07) is 8.97. The second kappa shape index (κ2) is 7.41. The minimum Gasteiger partial charge on any atom is -0.311 e. The van der Waals surface area contributed by atoms with Crippen molar-refractivity contribution < 1.29 is 0 Å². The minimum atomic E-state index is 0.643. The van der Waals surface area contributed by atoms with Crippen molar-refractivity contribution in [3.05, 3.63) is 34.2 Å². The average molecular weight is 311 g/mol. The van der Waals surface area contributed by atoms with Gasteiger partial charge in [0.15, 0.2) is 0 Å². The Kier molecular flexibility index (Phi) is 5.85. The van der Waals surface area contributed by atoms with Crippen molar-refractivity contribution in [1.29, 1.82) is 0 Å². The molecular formula is C16H23ClN2S. The normalized spacial score (nSPS) is 13.2. The molecule has 110 valence electrons. The molecule has 0 aliphatic carbocycles. The van der Waals surface area contributed by atoms with E-state index in [4.69, 9.17) is 11.6 Å². The van der Waals surface area contributed by atoms with Crippen LogP contribution in [0.2, 0.25) is 5.02 Å². The Morgan fingerprint density at radius 3 is 2.80 bits per heavy atom. The molecule has 1 aromatic carbocycles. The zero-order valence-electron chi connectivity index (χ0n) is 12.4. The third-order valence-electron chi connectivity index (χ3n) is 3.87. The van der Waals surface area contributed by atoms with Crippen molar-refractivity contribution in [3.63, 3.8) is 0 Å². The van der Waals surface area contributed by atoms with E-state index >= 15 is 0 Å². The Bertz CT molecular complexity index is 552. The molecule has 1 heterocycles. The summed E-state index contributed by atoms with van der Waals surface area (Å²) in [5.74, 6) is 0. The molecule has 0 saturated heterocycles. The minimum absolute atomic E-state index is 0.643. The van der Waals surface area contributed by atoms with Gasteiger partial charge in [-0.3, -0.25) is 0 Å². The summed E-state index contributed by atoms with van der Waals surface area (Å²) in [5, 5.41) is 5.58. The van der Waals surface area contributed by atoms with Crippen LogP contribution in [0.5, 0.6) is 0 Å². The van der Waals surface area contributed by atoms with Gasteiger partial charge < -0.3 is 10.2 Å². The van der Waals surface area contributed by atoms with E-state index in [1.165, 1.54) is 21.4 Å². The van der Waals surface area contributed by atoms with Crippen LogP contribution in [-0.2, 0) is 6.54 Å². The van der Waals surface area contributed by atoms with Gasteiger partial charge in [-0.05, 0) is 26.5 Å². The van der Waals surface area contributed by atoms with Crippen LogP contribution < -0.4 is 5.32 Å². The maximum Gasteiger partial charge on any atom is 0.0636 e. The number of likely N-dealkylation sites (N-methyl/N-ethyl adjacent to an activating group) is 1. The maximum absolute atomic E-state index is 6.43. The van der Waals surface area contributed by atoms with Gasteiger partial charge in [0.05, 0.1) is 5.02 Å². The van der Waals surface area contributed by atoms with E-state index in [2.05, 4.69) is 49.3 Å². The van der Waals surface area contributed by atoms with Crippen LogP contribution in [0.1, 0.15) is 25.1 Å². The third kappa shape index (κ3) is 3.73. The molecule has 2 aromatic rings. The fourth-order valence-corrected chi connectivity index (χ4v) is 3.64. The molecule has 0 saturated carbocycles. The van der Waals surface area contributed by atoms with Crippen LogP contribution in [0, 0.1) is 0 Å². The van der Waals surface area contributed by atoms with E-state index in [1.54, 1.807) is 11.3 Å². The molecule has 0 aliphatic rings. The average Bonchev–Trinajstić information content (AvgIpc) is 2.79. The van der Waals surface area contributed by atoms with Crippen LogP contribution in [0.25, 0.3) is 10.1 Å². The van der Waals surface area contributed by atoms with E-state index in [1.807, 2.05) is 6.07 Å². The quantitative estimate of drug-likeness (QED) is 0.764. The Morgan fingerprint density at radius 1 is 1.35 bits per heavy atom. The summed E-state index contributed by atoms with van der Waals surface area (Å²) < 4.78 is 1.27. The predicted molar refractivity (Wildman–Crippen MR) is 90.9 cm³/mol. The second-order valence-electron chi connectivity index (χ2n) is 5.25. The molecule has 0 amide bonds. The van der Waals surface area contributed by atoms with Crippen LogP contribution in [-0.4, -0.2) is 31.1 Å². The first-order valence-electron chi connectivity index (χ1n) is 7.20. The number of rotatable bonds is 7. The highest BCUT2D eigenvalue weighted by atomic mass is 35.5. The molecule has 0 radical (unpaired) electrons. The molecule has 1 atom stereocenters. The van der Waals surface area contributed by atoms with Crippen molar-refractivity contribution >= 4 is 33.0 Å². The van der Waals surface area contributed by atoms with Crippen molar-refractivity contribution in [2.45, 2.75) is 32.9 Å². The van der Waals surface area contributed by atoms with Gasteiger partial charge in [0.2, 0.25) is 0 Å². The van der Waals surface area contributed by atoms with E-state index in [9.17, 15) is 0 Å². The largest absolute Gasteiger partial charge is 0.311 e. The number of fused-ring (bicyclic) bond motifs is 1. The number of benzene rings is 1. The lowest BCUT2D eigenvalue weighted by atomic mass is 10.2. The van der Waals surface area contributed by atoms with Gasteiger partial charge in [0.25, 0.3) is 0 Å². The van der Waals surface area contributed by atoms with Crippen molar-refractivity contribution in [2.75, 3.05) is 20.1 Å². The van der Waals surface area contributed by atoms with Gasteiger partial charge in [0.1, 0.15) is 0 Å². The number of hydrogen-bond donors (Lipinski definition) is 1. The van der Waals surface area contributed by atoms with E-state index in [0.29, 0.717) is 6.04 Å². The van der Waals surface area contributed by atoms with Crippen molar-refractivity contribution in [3.8, 4) is 0 Å². The third-order valence-corrected chi connectivity index (χ3v) is 5.59. The summed E-state index contributed by atoms with van der Waals surface area (Å²) in [5.41, 5.74) is 0. The van der Waals surface area contributed by atoms with Gasteiger partial charge in [0, 0.05) is 40.6 Å². The Hall–Kier alpha value is -0.610. The lowest BCUT2D eigenvalue weighted by Crippen LogP contribution is -2.34. The lowest BCUT2D eigenvalue weighted by molar-refractivity contribution is 0.252. The summed E-state index contributed by atoms with van der Waals surface area (Å²) in [6.07, 6.45) is 1.19. The summed E-state index contributed by atoms with van der Waals surface area (Å²) >= 11 is 8.22. The fourth-order valence-electron chi connectivity index (χ4n) is 2.17. The first-order chi connectivity index (χ1) is 9.63. The smallest absolute Gasteiger partial charge is 0.0636 e. The number of hydrogen-bond acceptors (Lipinski definition) is 3. The zero-order valence-corrected chi connectivity index (χ0v) is 14.0. The molecular weight excluding hydrogens is 288 g/mol. The fraction of sp³-hybridized carbons (Fsp3) is 0.500. The Morgan fingerprint density at radius 2 is 2.10 bits per heavy atom. The van der Waals surface area contributed by atoms with Crippen LogP contribution in [0.15, 0.2) is 24.3 Å². The first kappa shape index (κ1) is 15.8. The summed E-state index contributed by atoms with van der Waals surface area (Å²) in [7, 11) is 2.18. The number of thiophene rings is 1. The van der Waals surface area contributed by atoms with Gasteiger partial charge in [-0.25, -0.2) is 0 Å². The molecule has 2 rings (SSSR count). The molecule has 1 aromatic heterocycles. The molecule has 1 N–H and O–H groups in total. The summed E-state index contributed by atoms with van der Waals surface area (Å²) in [6.45, 7) is 7.41. The highest BCUT2D eigenvalue weighted by Crippen LogP contribution is 2.34. The number of nitrogens with zero attached hydrogens (tertiary/aromatic N) is 1. The maximum atomic E-state index is 6.43. The highest BCUT2D eigenvalue weighted by Gasteiger charge is 2.10. The van der Waals surface area contributed by atoms with Crippen LogP contribution in [0.4, 0.5) is 0 Å². The highest BCUT2D eigenvalue weighted by molar-refractivity contribution is 7.19. The topological polar surface area (TPSA) is 15.3 Å². The molecule has 0 fully saturated rings. The molecule has 4 heteroatoms. The standard InChI is InChI=1S/C16H23ClN2S/c1-4-12(2)19(3)10-9-18-11-15-16(17)13-7-5-6-8-14(13)20-15/h5-8,12,18H,4,9-11H2,1-3H3. The van der Waals surface area contributed by atoms with Gasteiger partial charge in [-0.1, -0.05) is 36.7 Å². The summed E-state index contributed by atoms with van der Waals surface area (Å²) in [4.78, 5) is 3.62. The van der Waals surface area contributed by atoms with Crippen LogP contribution >= 0.6 is 22.9 Å². The predicted octanol–water partition coefficient (Wildman–Crippen LogP) is 4.37. The van der Waals surface area contributed by atoms with Gasteiger partial charge >= 0.3 is 0 Å². The van der Waals surface area contributed by atoms with Gasteiger partial charge in [-0.15, -0.1) is 11.3 Å². The van der Waals surface area contributed by atoms with Gasteiger partial charge in [-0.2, -0.15) is 0 Å². The number of halogens is 1. The molecule has 0 aliphatic heterocycles. The molecule has 0 bridgehead atoms. The molecule has 2 nitrogen and oxygen atoms in total. The molecule has 1 unspecified atom stereocenters. The van der Waals surface area contributed by atoms with E-state index in [0.717, 1.165) is 24.7 Å². The second-order valence-corrected chi connectivity index (χ2v) is 6.76. The van der Waals surface area contributed by atoms with Crippen LogP contribution in [0.3, 0.4) is 0 Å². The molecule has 0 spiro atoms. The Balaban J connectivity index is 1.86. The van der Waals surface area contributed by atoms with Crippen molar-refractivity contribution in [2.24, 2.45) is 0 Å². The zero-order chi connectivity index (χ0) is 14.5. The number of nitrogens with one attached hydrogen (secondary N) is 1.